The van der Waals surface area contributed by atoms with Crippen molar-refractivity contribution in [1.82, 2.24) is 0 Å². The molecule has 0 unspecified atom stereocenters. The van der Waals surface area contributed by atoms with E-state index in [1.54, 1.807) is 12.1 Å². The normalized spacial score (nSPS) is 10.6. The molecule has 0 bridgehead atoms. The fraction of sp³-hybridized carbons (Fsp3) is 0. The van der Waals surface area contributed by atoms with Gasteiger partial charge in [0.2, 0.25) is 5.71 Å². The molecule has 8 nitrogen and oxygen atoms in total. The largest absolute Gasteiger partial charge is 0.382 e. The molecule has 0 aliphatic carbocycles. The number of nitrogens with two attached hydrogens (primary N) is 1. The van der Waals surface area contributed by atoms with E-state index in [2.05, 4.69) is 10.5 Å². The van der Waals surface area contributed by atoms with Gasteiger partial charge in [-0.15, -0.1) is 0 Å². The highest BCUT2D eigenvalue weighted by atomic mass is 127. The Morgan fingerprint density at radius 2 is 2.33 bits per heavy atom. The summed E-state index contributed by atoms with van der Waals surface area (Å²) in [6.45, 7) is 0. The number of amidine groups is 1. The molecule has 1 rings (SSSR count). The van der Waals surface area contributed by atoms with Crippen molar-refractivity contribution in [2.24, 2.45) is 10.8 Å². The molecule has 0 aromatic heterocycles. The molecule has 0 aliphatic rings. The number of nitriles is 1. The topological polar surface area (TPSA) is 141 Å². The fourth-order valence-corrected chi connectivity index (χ4v) is 1.49. The van der Waals surface area contributed by atoms with E-state index < -0.39 is 10.8 Å². The Morgan fingerprint density at radius 3 is 2.83 bits per heavy atom. The van der Waals surface area contributed by atoms with E-state index in [0.717, 1.165) is 0 Å². The quantitative estimate of drug-likeness (QED) is 0.245. The van der Waals surface area contributed by atoms with Crippen molar-refractivity contribution in [3.05, 3.63) is 31.9 Å². The van der Waals surface area contributed by atoms with Gasteiger partial charge in [0.05, 0.1) is 4.92 Å². The molecule has 0 spiro atoms. The Kier molecular flexibility index (Phi) is 4.55. The van der Waals surface area contributed by atoms with E-state index >= 15 is 0 Å². The molecule has 0 amide bonds. The number of nitrogens with one attached hydrogen (secondary N) is 2. The van der Waals surface area contributed by atoms with Crippen LogP contribution in [0.2, 0.25) is 0 Å². The van der Waals surface area contributed by atoms with Gasteiger partial charge in [-0.25, -0.2) is 0 Å². The number of nitrogens with zero attached hydrogens (tertiary/aromatic N) is 3. The molecule has 1 aromatic rings. The number of nitro benzene ring substituents is 1. The Morgan fingerprint density at radius 1 is 1.67 bits per heavy atom. The summed E-state index contributed by atoms with van der Waals surface area (Å²) in [5, 5.41) is 30.0. The van der Waals surface area contributed by atoms with E-state index in [0.29, 0.717) is 3.57 Å². The van der Waals surface area contributed by atoms with Gasteiger partial charge in [0.15, 0.2) is 5.84 Å². The Balaban J connectivity index is 3.09. The van der Waals surface area contributed by atoms with Crippen LogP contribution in [-0.4, -0.2) is 16.5 Å². The third-order valence-electron chi connectivity index (χ3n) is 1.81. The highest BCUT2D eigenvalue weighted by molar-refractivity contribution is 14.1. The van der Waals surface area contributed by atoms with Crippen LogP contribution in [0.4, 0.5) is 11.4 Å². The van der Waals surface area contributed by atoms with Crippen LogP contribution < -0.4 is 11.2 Å². The molecule has 1 aromatic carbocycles. The molecular formula is C9H7IN6O2. The third kappa shape index (κ3) is 3.39. The predicted octanol–water partition coefficient (Wildman–Crippen LogP) is 1.43. The molecule has 0 saturated heterocycles. The number of halogens is 1. The van der Waals surface area contributed by atoms with Gasteiger partial charge in [-0.3, -0.25) is 20.9 Å². The standard InChI is InChI=1S/C9H7IN6O2/c10-5-1-2-6(8(3-5)16(17)18)14-15-7(4-11)9(12)13/h1-3,14H,(H3,12,13)/b15-7+. The van der Waals surface area contributed by atoms with Crippen molar-refractivity contribution in [2.75, 3.05) is 5.43 Å². The minimum atomic E-state index is -0.570. The molecule has 4 N–H and O–H groups in total. The molecule has 0 aliphatic heterocycles. The van der Waals surface area contributed by atoms with Crippen LogP contribution in [0.3, 0.4) is 0 Å². The number of hydrogen-bond acceptors (Lipinski definition) is 6. The van der Waals surface area contributed by atoms with Crippen molar-refractivity contribution < 1.29 is 4.92 Å². The SMILES string of the molecule is N#C/C(=N\Nc1ccc(I)cc1[N+](=O)[O-])C(=N)N. The van der Waals surface area contributed by atoms with E-state index in [4.69, 9.17) is 16.4 Å². The number of hydrazone groups is 1. The maximum atomic E-state index is 10.8. The monoisotopic (exact) mass is 358 g/mol. The minimum absolute atomic E-state index is 0.120. The van der Waals surface area contributed by atoms with Gasteiger partial charge in [0.1, 0.15) is 11.8 Å². The summed E-state index contributed by atoms with van der Waals surface area (Å²) in [7, 11) is 0. The number of anilines is 1. The molecule has 0 radical (unpaired) electrons. The highest BCUT2D eigenvalue weighted by Crippen LogP contribution is 2.26. The summed E-state index contributed by atoms with van der Waals surface area (Å²) in [5.41, 5.74) is 7.04. The maximum absolute atomic E-state index is 10.8. The van der Waals surface area contributed by atoms with Crippen molar-refractivity contribution in [3.63, 3.8) is 0 Å². The van der Waals surface area contributed by atoms with Gasteiger partial charge in [0.25, 0.3) is 5.69 Å². The van der Waals surface area contributed by atoms with Crippen LogP contribution in [0.25, 0.3) is 0 Å². The van der Waals surface area contributed by atoms with Crippen LogP contribution in [0, 0.1) is 30.4 Å². The Bertz CT molecular complexity index is 577. The molecule has 0 saturated carbocycles. The molecule has 0 heterocycles. The molecule has 0 fully saturated rings. The number of hydrogen-bond donors (Lipinski definition) is 3. The number of nitro groups is 1. The van der Waals surface area contributed by atoms with E-state index in [-0.39, 0.29) is 17.1 Å². The van der Waals surface area contributed by atoms with E-state index in [1.165, 1.54) is 12.1 Å². The van der Waals surface area contributed by atoms with Crippen LogP contribution in [0.1, 0.15) is 0 Å². The summed E-state index contributed by atoms with van der Waals surface area (Å²) in [5.74, 6) is -0.516. The van der Waals surface area contributed by atoms with Gasteiger partial charge >= 0.3 is 0 Å². The lowest BCUT2D eigenvalue weighted by Gasteiger charge is -2.03. The first kappa shape index (κ1) is 13.8. The fourth-order valence-electron chi connectivity index (χ4n) is 1.01. The third-order valence-corrected chi connectivity index (χ3v) is 2.48. The molecule has 92 valence electrons. The summed E-state index contributed by atoms with van der Waals surface area (Å²) >= 11 is 1.94. The van der Waals surface area contributed by atoms with Crippen LogP contribution in [0.5, 0.6) is 0 Å². The first-order valence-corrected chi connectivity index (χ1v) is 5.55. The van der Waals surface area contributed by atoms with Gasteiger partial charge in [-0.05, 0) is 34.7 Å². The first-order chi connectivity index (χ1) is 8.45. The van der Waals surface area contributed by atoms with Gasteiger partial charge in [-0.1, -0.05) is 0 Å². The lowest BCUT2D eigenvalue weighted by molar-refractivity contribution is -0.384. The van der Waals surface area contributed by atoms with Crippen molar-refractivity contribution >= 4 is 45.5 Å². The zero-order valence-electron chi connectivity index (χ0n) is 8.85. The van der Waals surface area contributed by atoms with Crippen LogP contribution in [0.15, 0.2) is 23.3 Å². The summed E-state index contributed by atoms with van der Waals surface area (Å²) < 4.78 is 0.695. The van der Waals surface area contributed by atoms with E-state index in [9.17, 15) is 10.1 Å². The van der Waals surface area contributed by atoms with E-state index in [1.807, 2.05) is 22.6 Å². The molecule has 18 heavy (non-hydrogen) atoms. The second-order valence-electron chi connectivity index (χ2n) is 3.02. The van der Waals surface area contributed by atoms with Crippen molar-refractivity contribution in [2.45, 2.75) is 0 Å². The van der Waals surface area contributed by atoms with Gasteiger partial charge in [-0.2, -0.15) is 10.4 Å². The maximum Gasteiger partial charge on any atom is 0.295 e. The number of rotatable bonds is 4. The molecule has 0 atom stereocenters. The first-order valence-electron chi connectivity index (χ1n) is 4.48. The average Bonchev–Trinajstić information content (AvgIpc) is 2.30. The summed E-state index contributed by atoms with van der Waals surface area (Å²) in [6, 6.07) is 6.06. The lowest BCUT2D eigenvalue weighted by atomic mass is 10.3. The zero-order valence-corrected chi connectivity index (χ0v) is 11.0. The lowest BCUT2D eigenvalue weighted by Crippen LogP contribution is -2.21. The number of benzene rings is 1. The van der Waals surface area contributed by atoms with Crippen molar-refractivity contribution in [1.29, 1.82) is 10.7 Å². The molecule has 9 heteroatoms. The Hall–Kier alpha value is -2.22. The highest BCUT2D eigenvalue weighted by Gasteiger charge is 2.14. The van der Waals surface area contributed by atoms with Crippen LogP contribution in [-0.2, 0) is 0 Å². The van der Waals surface area contributed by atoms with Gasteiger partial charge < -0.3 is 5.73 Å². The van der Waals surface area contributed by atoms with Crippen molar-refractivity contribution in [3.8, 4) is 6.07 Å². The Labute approximate surface area is 115 Å². The smallest absolute Gasteiger partial charge is 0.295 e. The predicted molar refractivity (Wildman–Crippen MR) is 74.4 cm³/mol. The second-order valence-corrected chi connectivity index (χ2v) is 4.26. The van der Waals surface area contributed by atoms with Gasteiger partial charge in [0, 0.05) is 9.64 Å². The molecular weight excluding hydrogens is 351 g/mol. The van der Waals surface area contributed by atoms with Crippen LogP contribution >= 0.6 is 22.6 Å². The second kappa shape index (κ2) is 5.92. The summed E-state index contributed by atoms with van der Waals surface area (Å²) in [4.78, 5) is 10.2. The zero-order chi connectivity index (χ0) is 13.7. The average molecular weight is 358 g/mol. The minimum Gasteiger partial charge on any atom is -0.382 e. The summed E-state index contributed by atoms with van der Waals surface area (Å²) in [6.07, 6.45) is 0.